The maximum Gasteiger partial charge on any atom is 0.308 e. The third-order valence-electron chi connectivity index (χ3n) is 2.75. The zero-order chi connectivity index (χ0) is 14.6. The van der Waals surface area contributed by atoms with E-state index < -0.39 is 11.9 Å². The molecule has 0 aliphatic heterocycles. The summed E-state index contributed by atoms with van der Waals surface area (Å²) in [5.41, 5.74) is 0.325. The summed E-state index contributed by atoms with van der Waals surface area (Å²) in [6, 6.07) is 4.61. The first kappa shape index (κ1) is 15.8. The van der Waals surface area contributed by atoms with Crippen LogP contribution in [-0.2, 0) is 4.79 Å². The lowest BCUT2D eigenvalue weighted by atomic mass is 10.1. The molecule has 0 heterocycles. The summed E-state index contributed by atoms with van der Waals surface area (Å²) < 4.78 is 0. The van der Waals surface area contributed by atoms with E-state index in [0.717, 1.165) is 0 Å². The molecule has 1 N–H and O–H groups in total. The molecule has 0 fully saturated rings. The number of hydrogen-bond donors (Lipinski definition) is 1. The number of halogens is 2. The van der Waals surface area contributed by atoms with Crippen molar-refractivity contribution in [1.29, 1.82) is 0 Å². The molecular weight excluding hydrogens is 289 g/mol. The molecule has 0 aromatic heterocycles. The minimum absolute atomic E-state index is 0.142. The second kappa shape index (κ2) is 6.78. The van der Waals surface area contributed by atoms with Crippen LogP contribution >= 0.6 is 23.2 Å². The van der Waals surface area contributed by atoms with Gasteiger partial charge in [-0.25, -0.2) is 0 Å². The van der Waals surface area contributed by atoms with Gasteiger partial charge in [0.05, 0.1) is 16.5 Å². The fourth-order valence-electron chi connectivity index (χ4n) is 1.60. The number of carbonyl (C=O) groups excluding carboxylic acids is 1. The first-order valence-corrected chi connectivity index (χ1v) is 6.59. The van der Waals surface area contributed by atoms with E-state index in [0.29, 0.717) is 17.1 Å². The Bertz CT molecular complexity index is 491. The lowest BCUT2D eigenvalue weighted by molar-refractivity contribution is -0.141. The Morgan fingerprint density at radius 1 is 1.37 bits per heavy atom. The minimum atomic E-state index is -0.937. The highest BCUT2D eigenvalue weighted by molar-refractivity contribution is 6.36. The Hall–Kier alpha value is -1.26. The Morgan fingerprint density at radius 3 is 2.47 bits per heavy atom. The number of amides is 1. The maximum absolute atomic E-state index is 12.3. The van der Waals surface area contributed by atoms with Crippen LogP contribution in [0.2, 0.25) is 10.0 Å². The Morgan fingerprint density at radius 2 is 2.00 bits per heavy atom. The minimum Gasteiger partial charge on any atom is -0.481 e. The molecule has 4 nitrogen and oxygen atoms in total. The van der Waals surface area contributed by atoms with Gasteiger partial charge in [-0.1, -0.05) is 30.1 Å². The van der Waals surface area contributed by atoms with Gasteiger partial charge in [0.25, 0.3) is 5.91 Å². The highest BCUT2D eigenvalue weighted by Crippen LogP contribution is 2.22. The number of carboxylic acid groups (broad SMARTS) is 1. The van der Waals surface area contributed by atoms with Gasteiger partial charge < -0.3 is 10.0 Å². The summed E-state index contributed by atoms with van der Waals surface area (Å²) in [5.74, 6) is -1.86. The van der Waals surface area contributed by atoms with Crippen LogP contribution in [0.15, 0.2) is 18.2 Å². The van der Waals surface area contributed by atoms with E-state index in [-0.39, 0.29) is 17.5 Å². The molecule has 0 bridgehead atoms. The third kappa shape index (κ3) is 4.11. The normalized spacial score (nSPS) is 12.0. The summed E-state index contributed by atoms with van der Waals surface area (Å²) in [7, 11) is 0. The Kier molecular flexibility index (Phi) is 5.63. The van der Waals surface area contributed by atoms with E-state index in [1.807, 2.05) is 0 Å². The average Bonchev–Trinajstić information content (AvgIpc) is 2.34. The molecule has 1 unspecified atom stereocenters. The van der Waals surface area contributed by atoms with Crippen molar-refractivity contribution in [2.24, 2.45) is 5.92 Å². The molecule has 0 radical (unpaired) electrons. The van der Waals surface area contributed by atoms with Gasteiger partial charge in [0.15, 0.2) is 0 Å². The van der Waals surface area contributed by atoms with Gasteiger partial charge in [0, 0.05) is 18.1 Å². The van der Waals surface area contributed by atoms with E-state index in [2.05, 4.69) is 0 Å². The van der Waals surface area contributed by atoms with Gasteiger partial charge >= 0.3 is 5.97 Å². The maximum atomic E-state index is 12.3. The lowest BCUT2D eigenvalue weighted by Crippen LogP contribution is -2.36. The van der Waals surface area contributed by atoms with Crippen LogP contribution in [-0.4, -0.2) is 35.0 Å². The van der Waals surface area contributed by atoms with E-state index in [1.54, 1.807) is 26.0 Å². The second-order valence-corrected chi connectivity index (χ2v) is 5.05. The number of carboxylic acids is 1. The van der Waals surface area contributed by atoms with Crippen LogP contribution in [0.3, 0.4) is 0 Å². The lowest BCUT2D eigenvalue weighted by Gasteiger charge is -2.23. The van der Waals surface area contributed by atoms with Crippen LogP contribution < -0.4 is 0 Å². The van der Waals surface area contributed by atoms with Crippen molar-refractivity contribution >= 4 is 35.1 Å². The highest BCUT2D eigenvalue weighted by Gasteiger charge is 2.22. The number of carbonyl (C=O) groups is 2. The number of benzene rings is 1. The number of rotatable bonds is 5. The zero-order valence-electron chi connectivity index (χ0n) is 10.7. The second-order valence-electron chi connectivity index (χ2n) is 4.21. The largest absolute Gasteiger partial charge is 0.481 e. The van der Waals surface area contributed by atoms with Crippen molar-refractivity contribution in [2.75, 3.05) is 13.1 Å². The van der Waals surface area contributed by atoms with E-state index in [4.69, 9.17) is 28.3 Å². The van der Waals surface area contributed by atoms with Crippen LogP contribution in [0.1, 0.15) is 24.2 Å². The van der Waals surface area contributed by atoms with Crippen LogP contribution in [0, 0.1) is 5.92 Å². The average molecular weight is 304 g/mol. The molecule has 19 heavy (non-hydrogen) atoms. The van der Waals surface area contributed by atoms with Gasteiger partial charge in [-0.2, -0.15) is 0 Å². The van der Waals surface area contributed by atoms with Gasteiger partial charge in [-0.05, 0) is 25.1 Å². The molecule has 0 spiro atoms. The Balaban J connectivity index is 2.92. The molecule has 6 heteroatoms. The molecule has 0 saturated carbocycles. The van der Waals surface area contributed by atoms with E-state index in [1.165, 1.54) is 11.0 Å². The number of aliphatic carboxylic acids is 1. The summed E-state index contributed by atoms with van der Waals surface area (Å²) in [6.45, 7) is 3.90. The number of nitrogens with zero attached hydrogens (tertiary/aromatic N) is 1. The predicted molar refractivity (Wildman–Crippen MR) is 74.8 cm³/mol. The van der Waals surface area contributed by atoms with Gasteiger partial charge in [0.2, 0.25) is 0 Å². The fraction of sp³-hybridized carbons (Fsp3) is 0.385. The summed E-state index contributed by atoms with van der Waals surface area (Å²) in [4.78, 5) is 24.6. The van der Waals surface area contributed by atoms with E-state index in [9.17, 15) is 9.59 Å². The van der Waals surface area contributed by atoms with Crippen molar-refractivity contribution in [3.05, 3.63) is 33.8 Å². The molecule has 0 saturated heterocycles. The highest BCUT2D eigenvalue weighted by atomic mass is 35.5. The number of hydrogen-bond acceptors (Lipinski definition) is 2. The molecular formula is C13H15Cl2NO3. The zero-order valence-corrected chi connectivity index (χ0v) is 12.2. The monoisotopic (exact) mass is 303 g/mol. The molecule has 1 rings (SSSR count). The van der Waals surface area contributed by atoms with Crippen molar-refractivity contribution in [3.8, 4) is 0 Å². The van der Waals surface area contributed by atoms with Crippen LogP contribution in [0.4, 0.5) is 0 Å². The van der Waals surface area contributed by atoms with Crippen molar-refractivity contribution in [2.45, 2.75) is 13.8 Å². The van der Waals surface area contributed by atoms with Crippen molar-refractivity contribution in [1.82, 2.24) is 4.90 Å². The predicted octanol–water partition coefficient (Wildman–Crippen LogP) is 3.18. The van der Waals surface area contributed by atoms with Gasteiger partial charge in [-0.15, -0.1) is 0 Å². The molecule has 1 aromatic rings. The summed E-state index contributed by atoms with van der Waals surface area (Å²) in [6.07, 6.45) is 0. The summed E-state index contributed by atoms with van der Waals surface area (Å²) >= 11 is 11.8. The fourth-order valence-corrected chi connectivity index (χ4v) is 2.09. The molecule has 0 aliphatic rings. The summed E-state index contributed by atoms with van der Waals surface area (Å²) in [5, 5.41) is 9.60. The van der Waals surface area contributed by atoms with Gasteiger partial charge in [-0.3, -0.25) is 9.59 Å². The molecule has 1 aromatic carbocycles. The standard InChI is InChI=1S/C13H15Cl2NO3/c1-3-16(7-8(2)13(18)19)12(17)10-5-4-9(14)6-11(10)15/h4-6,8H,3,7H2,1-2H3,(H,18,19). The Labute approximate surface area is 121 Å². The first-order valence-electron chi connectivity index (χ1n) is 5.84. The van der Waals surface area contributed by atoms with Crippen LogP contribution in [0.5, 0.6) is 0 Å². The van der Waals surface area contributed by atoms with Crippen molar-refractivity contribution in [3.63, 3.8) is 0 Å². The molecule has 1 amide bonds. The molecule has 0 aliphatic carbocycles. The molecule has 1 atom stereocenters. The van der Waals surface area contributed by atoms with E-state index >= 15 is 0 Å². The smallest absolute Gasteiger partial charge is 0.308 e. The first-order chi connectivity index (χ1) is 8.86. The topological polar surface area (TPSA) is 57.6 Å². The van der Waals surface area contributed by atoms with Crippen LogP contribution in [0.25, 0.3) is 0 Å². The van der Waals surface area contributed by atoms with Crippen molar-refractivity contribution < 1.29 is 14.7 Å². The third-order valence-corrected chi connectivity index (χ3v) is 3.29. The quantitative estimate of drug-likeness (QED) is 0.909. The van der Waals surface area contributed by atoms with Gasteiger partial charge in [0.1, 0.15) is 0 Å². The SMILES string of the molecule is CCN(CC(C)C(=O)O)C(=O)c1ccc(Cl)cc1Cl. The molecule has 104 valence electrons.